The average molecular weight is 277 g/mol. The summed E-state index contributed by atoms with van der Waals surface area (Å²) < 4.78 is 0. The number of hydrogen-bond donors (Lipinski definition) is 2. The van der Waals surface area contributed by atoms with Crippen LogP contribution in [-0.4, -0.2) is 16.0 Å². The molecule has 1 aromatic heterocycles. The smallest absolute Gasteiger partial charge is 0.256 e. The van der Waals surface area contributed by atoms with Gasteiger partial charge in [-0.2, -0.15) is 0 Å². The van der Waals surface area contributed by atoms with Crippen LogP contribution in [0.25, 0.3) is 0 Å². The Morgan fingerprint density at radius 3 is 2.84 bits per heavy atom. The molecule has 0 aliphatic heterocycles. The number of aryl methyl sites for hydroxylation is 1. The van der Waals surface area contributed by atoms with Crippen LogP contribution in [0.15, 0.2) is 30.5 Å². The molecule has 0 saturated heterocycles. The number of aromatic nitrogens is 1. The lowest BCUT2D eigenvalue weighted by molar-refractivity contribution is 0.102. The van der Waals surface area contributed by atoms with E-state index in [-0.39, 0.29) is 16.8 Å². The molecule has 0 spiro atoms. The molecule has 2 rings (SSSR count). The van der Waals surface area contributed by atoms with Gasteiger partial charge < -0.3 is 10.4 Å². The molecular formula is C14H13ClN2O2. The molecule has 0 aliphatic rings. The molecular weight excluding hydrogens is 264 g/mol. The third-order valence-corrected chi connectivity index (χ3v) is 3.08. The van der Waals surface area contributed by atoms with Crippen molar-refractivity contribution in [2.24, 2.45) is 0 Å². The van der Waals surface area contributed by atoms with Gasteiger partial charge in [-0.3, -0.25) is 4.79 Å². The van der Waals surface area contributed by atoms with E-state index in [1.165, 1.54) is 6.07 Å². The van der Waals surface area contributed by atoms with Crippen LogP contribution in [0.4, 0.5) is 5.69 Å². The number of nitrogens with zero attached hydrogens (tertiary/aromatic N) is 1. The number of carbonyl (C=O) groups excluding carboxylic acids is 1. The third kappa shape index (κ3) is 2.85. The summed E-state index contributed by atoms with van der Waals surface area (Å²) >= 11 is 5.92. The van der Waals surface area contributed by atoms with Crippen molar-refractivity contribution in [2.75, 3.05) is 5.32 Å². The van der Waals surface area contributed by atoms with Crippen molar-refractivity contribution in [1.29, 1.82) is 0 Å². The molecule has 0 fully saturated rings. The highest BCUT2D eigenvalue weighted by molar-refractivity contribution is 6.32. The van der Waals surface area contributed by atoms with Crippen molar-refractivity contribution in [3.8, 4) is 5.75 Å². The van der Waals surface area contributed by atoms with Crippen molar-refractivity contribution in [3.05, 3.63) is 52.3 Å². The summed E-state index contributed by atoms with van der Waals surface area (Å²) in [6.45, 7) is 3.54. The van der Waals surface area contributed by atoms with Crippen LogP contribution in [0, 0.1) is 13.8 Å². The molecule has 0 aliphatic carbocycles. The summed E-state index contributed by atoms with van der Waals surface area (Å²) in [5.74, 6) is -0.246. The number of phenolic OH excluding ortho intramolecular Hbond substituents is 1. The highest BCUT2D eigenvalue weighted by atomic mass is 35.5. The van der Waals surface area contributed by atoms with Crippen LogP contribution in [-0.2, 0) is 0 Å². The Hall–Kier alpha value is -2.07. The molecule has 19 heavy (non-hydrogen) atoms. The van der Waals surface area contributed by atoms with E-state index < -0.39 is 0 Å². The van der Waals surface area contributed by atoms with Gasteiger partial charge in [-0.05, 0) is 37.6 Å². The maximum atomic E-state index is 12.1. The Kier molecular flexibility index (Phi) is 3.71. The zero-order valence-corrected chi connectivity index (χ0v) is 11.3. The van der Waals surface area contributed by atoms with Crippen molar-refractivity contribution >= 4 is 23.2 Å². The third-order valence-electron chi connectivity index (χ3n) is 2.77. The number of benzene rings is 1. The van der Waals surface area contributed by atoms with Crippen molar-refractivity contribution in [1.82, 2.24) is 4.98 Å². The van der Waals surface area contributed by atoms with Crippen LogP contribution < -0.4 is 5.32 Å². The number of pyridine rings is 1. The van der Waals surface area contributed by atoms with Gasteiger partial charge in [0.25, 0.3) is 5.91 Å². The molecule has 0 atom stereocenters. The van der Waals surface area contributed by atoms with E-state index in [0.29, 0.717) is 16.8 Å². The molecule has 1 heterocycles. The quantitative estimate of drug-likeness (QED) is 0.827. The van der Waals surface area contributed by atoms with Crippen molar-refractivity contribution in [2.45, 2.75) is 13.8 Å². The number of amides is 1. The second-order valence-electron chi connectivity index (χ2n) is 4.25. The van der Waals surface area contributed by atoms with Crippen LogP contribution in [0.2, 0.25) is 5.15 Å². The maximum Gasteiger partial charge on any atom is 0.256 e. The minimum atomic E-state index is -0.331. The number of anilines is 1. The second kappa shape index (κ2) is 5.28. The number of rotatable bonds is 2. The summed E-state index contributed by atoms with van der Waals surface area (Å²) in [5, 5.41) is 12.5. The minimum absolute atomic E-state index is 0.0844. The normalized spacial score (nSPS) is 10.3. The summed E-state index contributed by atoms with van der Waals surface area (Å²) in [6.07, 6.45) is 1.62. The number of nitrogens with one attached hydrogen (secondary N) is 1. The van der Waals surface area contributed by atoms with Gasteiger partial charge >= 0.3 is 0 Å². The molecule has 98 valence electrons. The Balaban J connectivity index is 2.31. The number of hydrogen-bond acceptors (Lipinski definition) is 3. The highest BCUT2D eigenvalue weighted by Gasteiger charge is 2.13. The first-order valence-corrected chi connectivity index (χ1v) is 6.09. The molecule has 0 bridgehead atoms. The molecule has 2 N–H and O–H groups in total. The summed E-state index contributed by atoms with van der Waals surface area (Å²) in [5.41, 5.74) is 2.27. The number of halogens is 1. The Labute approximate surface area is 116 Å². The summed E-state index contributed by atoms with van der Waals surface area (Å²) in [4.78, 5) is 16.1. The van der Waals surface area contributed by atoms with E-state index in [1.807, 2.05) is 6.92 Å². The van der Waals surface area contributed by atoms with Gasteiger partial charge in [0, 0.05) is 17.3 Å². The van der Waals surface area contributed by atoms with E-state index in [2.05, 4.69) is 10.3 Å². The van der Waals surface area contributed by atoms with Crippen molar-refractivity contribution in [3.63, 3.8) is 0 Å². The first kappa shape index (κ1) is 13.4. The summed E-state index contributed by atoms with van der Waals surface area (Å²) in [7, 11) is 0. The number of aromatic hydroxyl groups is 1. The van der Waals surface area contributed by atoms with Crippen LogP contribution >= 0.6 is 11.6 Å². The largest absolute Gasteiger partial charge is 0.508 e. The molecule has 0 saturated carbocycles. The Morgan fingerprint density at radius 1 is 1.37 bits per heavy atom. The lowest BCUT2D eigenvalue weighted by atomic mass is 10.1. The Morgan fingerprint density at radius 2 is 2.11 bits per heavy atom. The van der Waals surface area contributed by atoms with Gasteiger partial charge in [0.1, 0.15) is 5.75 Å². The van der Waals surface area contributed by atoms with Crippen LogP contribution in [0.1, 0.15) is 21.5 Å². The van der Waals surface area contributed by atoms with Gasteiger partial charge in [0.2, 0.25) is 0 Å². The van der Waals surface area contributed by atoms with E-state index in [1.54, 1.807) is 31.3 Å². The first-order chi connectivity index (χ1) is 8.99. The lowest BCUT2D eigenvalue weighted by Gasteiger charge is -2.10. The van der Waals surface area contributed by atoms with Crippen LogP contribution in [0.3, 0.4) is 0 Å². The fraction of sp³-hybridized carbons (Fsp3) is 0.143. The van der Waals surface area contributed by atoms with Gasteiger partial charge in [-0.1, -0.05) is 17.7 Å². The standard InChI is InChI=1S/C14H13ClN2O2/c1-8-6-11(13(15)16-7-8)17-14(19)10-4-3-5-12(18)9(10)2/h3-7,18H,1-2H3,(H,17,19). The first-order valence-electron chi connectivity index (χ1n) is 5.71. The molecule has 1 aromatic carbocycles. The minimum Gasteiger partial charge on any atom is -0.508 e. The number of carbonyl (C=O) groups is 1. The van der Waals surface area contributed by atoms with E-state index >= 15 is 0 Å². The van der Waals surface area contributed by atoms with Gasteiger partial charge in [-0.15, -0.1) is 0 Å². The van der Waals surface area contributed by atoms with Gasteiger partial charge in [-0.25, -0.2) is 4.98 Å². The molecule has 2 aromatic rings. The average Bonchev–Trinajstić information content (AvgIpc) is 2.37. The zero-order valence-electron chi connectivity index (χ0n) is 10.6. The highest BCUT2D eigenvalue weighted by Crippen LogP contribution is 2.23. The Bertz CT molecular complexity index is 641. The fourth-order valence-corrected chi connectivity index (χ4v) is 1.85. The molecule has 4 nitrogen and oxygen atoms in total. The topological polar surface area (TPSA) is 62.2 Å². The van der Waals surface area contributed by atoms with Gasteiger partial charge in [0.15, 0.2) is 5.15 Å². The number of phenols is 1. The lowest BCUT2D eigenvalue weighted by Crippen LogP contribution is -2.14. The SMILES string of the molecule is Cc1cnc(Cl)c(NC(=O)c2cccc(O)c2C)c1. The second-order valence-corrected chi connectivity index (χ2v) is 4.61. The van der Waals surface area contributed by atoms with Crippen molar-refractivity contribution < 1.29 is 9.90 Å². The molecule has 1 amide bonds. The zero-order chi connectivity index (χ0) is 14.0. The molecule has 0 unspecified atom stereocenters. The van der Waals surface area contributed by atoms with Crippen LogP contribution in [0.5, 0.6) is 5.75 Å². The van der Waals surface area contributed by atoms with E-state index in [4.69, 9.17) is 11.6 Å². The monoisotopic (exact) mass is 276 g/mol. The van der Waals surface area contributed by atoms with E-state index in [0.717, 1.165) is 5.56 Å². The molecule has 0 radical (unpaired) electrons. The maximum absolute atomic E-state index is 12.1. The predicted molar refractivity (Wildman–Crippen MR) is 74.8 cm³/mol. The molecule has 5 heteroatoms. The fourth-order valence-electron chi connectivity index (χ4n) is 1.70. The van der Waals surface area contributed by atoms with Gasteiger partial charge in [0.05, 0.1) is 5.69 Å². The summed E-state index contributed by atoms with van der Waals surface area (Å²) in [6, 6.07) is 6.54. The van der Waals surface area contributed by atoms with E-state index in [9.17, 15) is 9.90 Å². The predicted octanol–water partition coefficient (Wildman–Crippen LogP) is 3.31.